The summed E-state index contributed by atoms with van der Waals surface area (Å²) in [5.74, 6) is -0.278. The second-order valence-corrected chi connectivity index (χ2v) is 4.38. The monoisotopic (exact) mass is 293 g/mol. The second-order valence-electron chi connectivity index (χ2n) is 4.38. The van der Waals surface area contributed by atoms with Crippen molar-refractivity contribution in [2.75, 3.05) is 6.54 Å². The molecule has 0 aromatic heterocycles. The van der Waals surface area contributed by atoms with E-state index in [-0.39, 0.29) is 18.6 Å². The Morgan fingerprint density at radius 2 is 1.71 bits per heavy atom. The maximum atomic E-state index is 11.4. The molecule has 0 spiro atoms. The molecule has 0 saturated carbocycles. The van der Waals surface area contributed by atoms with Crippen LogP contribution in [-0.4, -0.2) is 12.5 Å². The van der Waals surface area contributed by atoms with Gasteiger partial charge in [-0.25, -0.2) is 0 Å². The van der Waals surface area contributed by atoms with Crippen molar-refractivity contribution in [1.29, 1.82) is 0 Å². The van der Waals surface area contributed by atoms with Gasteiger partial charge in [0.15, 0.2) is 0 Å². The molecule has 0 aliphatic rings. The van der Waals surface area contributed by atoms with Gasteiger partial charge >= 0.3 is 5.97 Å². The van der Waals surface area contributed by atoms with E-state index in [1.165, 1.54) is 6.42 Å². The molecule has 1 N–H and O–H groups in total. The van der Waals surface area contributed by atoms with Crippen LogP contribution in [0.2, 0.25) is 0 Å². The van der Waals surface area contributed by atoms with Crippen LogP contribution in [0.4, 0.5) is 0 Å². The Balaban J connectivity index is 0. The Hall–Kier alpha value is -1.77. The van der Waals surface area contributed by atoms with Crippen molar-refractivity contribution in [2.24, 2.45) is 0 Å². The third-order valence-corrected chi connectivity index (χ3v) is 2.11. The molecule has 0 aliphatic heterocycles. The van der Waals surface area contributed by atoms with Gasteiger partial charge in [-0.3, -0.25) is 4.79 Å². The van der Waals surface area contributed by atoms with Crippen molar-refractivity contribution in [3.63, 3.8) is 0 Å². The van der Waals surface area contributed by atoms with Crippen LogP contribution in [0, 0.1) is 0 Å². The summed E-state index contributed by atoms with van der Waals surface area (Å²) in [5.41, 5.74) is 1.75. The zero-order valence-electron chi connectivity index (χ0n) is 14.4. The molecule has 120 valence electrons. The Kier molecular flexibility index (Phi) is 15.0. The van der Waals surface area contributed by atoms with Crippen LogP contribution in [0.15, 0.2) is 42.6 Å². The molecule has 0 amide bonds. The van der Waals surface area contributed by atoms with E-state index in [0.29, 0.717) is 0 Å². The van der Waals surface area contributed by atoms with Crippen molar-refractivity contribution in [2.45, 2.75) is 54.1 Å². The maximum absolute atomic E-state index is 11.4. The van der Waals surface area contributed by atoms with Crippen molar-refractivity contribution in [3.05, 3.63) is 48.2 Å². The minimum absolute atomic E-state index is 0.159. The largest absolute Gasteiger partial charge is 0.456 e. The number of benzene rings is 1. The van der Waals surface area contributed by atoms with Gasteiger partial charge in [-0.2, -0.15) is 0 Å². The van der Waals surface area contributed by atoms with Gasteiger partial charge < -0.3 is 10.1 Å². The zero-order valence-corrected chi connectivity index (χ0v) is 14.4. The van der Waals surface area contributed by atoms with Crippen molar-refractivity contribution in [3.8, 4) is 0 Å². The van der Waals surface area contributed by atoms with Crippen molar-refractivity contribution >= 4 is 5.97 Å². The quantitative estimate of drug-likeness (QED) is 0.788. The number of ether oxygens (including phenoxy) is 1. The highest BCUT2D eigenvalue weighted by atomic mass is 16.5. The summed E-state index contributed by atoms with van der Waals surface area (Å²) in [4.78, 5) is 11.4. The summed E-state index contributed by atoms with van der Waals surface area (Å²) < 4.78 is 5.24. The van der Waals surface area contributed by atoms with Crippen LogP contribution < -0.4 is 5.32 Å². The third kappa shape index (κ3) is 13.0. The average Bonchev–Trinajstić information content (AvgIpc) is 2.49. The van der Waals surface area contributed by atoms with E-state index >= 15 is 0 Å². The Labute approximate surface area is 130 Å². The molecular weight excluding hydrogens is 262 g/mol. The van der Waals surface area contributed by atoms with E-state index in [1.807, 2.05) is 51.1 Å². The second kappa shape index (κ2) is 14.6. The summed E-state index contributed by atoms with van der Waals surface area (Å²) >= 11 is 0. The molecule has 0 heterocycles. The van der Waals surface area contributed by atoms with Crippen LogP contribution in [-0.2, 0) is 9.53 Å². The lowest BCUT2D eigenvalue weighted by molar-refractivity contribution is -0.147. The van der Waals surface area contributed by atoms with E-state index in [1.54, 1.807) is 6.92 Å². The first-order valence-electron chi connectivity index (χ1n) is 7.65. The predicted molar refractivity (Wildman–Crippen MR) is 91.1 cm³/mol. The highest BCUT2D eigenvalue weighted by molar-refractivity contribution is 5.72. The molecule has 1 aromatic rings. The number of hydrogen-bond acceptors (Lipinski definition) is 3. The number of carbonyl (C=O) groups is 1. The molecule has 0 fully saturated rings. The third-order valence-electron chi connectivity index (χ3n) is 2.11. The lowest BCUT2D eigenvalue weighted by Crippen LogP contribution is -2.23. The number of nitrogens with one attached hydrogen (secondary N) is 1. The fraction of sp³-hybridized carbons (Fsp3) is 0.500. The number of hydrogen-bond donors (Lipinski definition) is 1. The minimum Gasteiger partial charge on any atom is -0.456 e. The molecule has 1 rings (SSSR count). The predicted octanol–water partition coefficient (Wildman–Crippen LogP) is 4.86. The summed E-state index contributed by atoms with van der Waals surface area (Å²) in [6.45, 7) is 15.7. The van der Waals surface area contributed by atoms with Gasteiger partial charge in [0.1, 0.15) is 12.6 Å². The lowest BCUT2D eigenvalue weighted by Gasteiger charge is -2.14. The molecule has 1 unspecified atom stereocenters. The highest BCUT2D eigenvalue weighted by Gasteiger charge is 2.10. The van der Waals surface area contributed by atoms with Crippen LogP contribution in [0.3, 0.4) is 0 Å². The van der Waals surface area contributed by atoms with Gasteiger partial charge in [-0.15, -0.1) is 0 Å². The normalized spacial score (nSPS) is 10.0. The summed E-state index contributed by atoms with van der Waals surface area (Å²) in [5, 5.41) is 2.83. The van der Waals surface area contributed by atoms with Crippen LogP contribution in [0.1, 0.15) is 59.6 Å². The molecule has 0 aliphatic carbocycles. The number of carbonyl (C=O) groups excluding carboxylic acids is 1. The fourth-order valence-corrected chi connectivity index (χ4v) is 1.25. The minimum atomic E-state index is -0.278. The van der Waals surface area contributed by atoms with Gasteiger partial charge in [-0.05, 0) is 19.4 Å². The van der Waals surface area contributed by atoms with Crippen LogP contribution in [0.5, 0.6) is 0 Å². The molecule has 0 radical (unpaired) electrons. The molecular formula is C18H31NO2. The Morgan fingerprint density at radius 1 is 1.24 bits per heavy atom. The first-order valence-corrected chi connectivity index (χ1v) is 7.65. The molecule has 21 heavy (non-hydrogen) atoms. The van der Waals surface area contributed by atoms with E-state index in [0.717, 1.165) is 11.3 Å². The summed E-state index contributed by atoms with van der Waals surface area (Å²) in [6, 6.07) is 9.65. The van der Waals surface area contributed by atoms with Crippen molar-refractivity contribution < 1.29 is 9.53 Å². The van der Waals surface area contributed by atoms with Gasteiger partial charge in [0, 0.05) is 5.70 Å². The average molecular weight is 293 g/mol. The first kappa shape index (κ1) is 21.5. The van der Waals surface area contributed by atoms with E-state index < -0.39 is 0 Å². The smallest absolute Gasteiger partial charge is 0.325 e. The topological polar surface area (TPSA) is 38.3 Å². The molecule has 1 atom stereocenters. The number of esters is 1. The first-order chi connectivity index (χ1) is 10.0. The summed E-state index contributed by atoms with van der Waals surface area (Å²) in [6.07, 6.45) is 1.03. The zero-order chi connectivity index (χ0) is 16.7. The van der Waals surface area contributed by atoms with Gasteiger partial charge in [0.2, 0.25) is 0 Å². The molecule has 0 saturated heterocycles. The molecule has 3 nitrogen and oxygen atoms in total. The Bertz CT molecular complexity index is 374. The highest BCUT2D eigenvalue weighted by Crippen LogP contribution is 2.15. The standard InChI is InChI=1S/C13H17NO2.C3H8.C2H6/c1-10(2)14-9-13(15)16-11(3)12-7-5-4-6-8-12;1-3-2;1-2/h4-8,11,14H,1,9H2,2-3H3;3H2,1-2H3;1-2H3. The molecule has 0 bridgehead atoms. The van der Waals surface area contributed by atoms with E-state index in [2.05, 4.69) is 25.7 Å². The maximum Gasteiger partial charge on any atom is 0.325 e. The molecule has 1 aromatic carbocycles. The van der Waals surface area contributed by atoms with E-state index in [9.17, 15) is 4.79 Å². The fourth-order valence-electron chi connectivity index (χ4n) is 1.25. The van der Waals surface area contributed by atoms with Gasteiger partial charge in [0.05, 0.1) is 0 Å². The van der Waals surface area contributed by atoms with Crippen LogP contribution >= 0.6 is 0 Å². The van der Waals surface area contributed by atoms with E-state index in [4.69, 9.17) is 4.74 Å². The Morgan fingerprint density at radius 3 is 2.14 bits per heavy atom. The number of allylic oxidation sites excluding steroid dienone is 1. The van der Waals surface area contributed by atoms with Gasteiger partial charge in [-0.1, -0.05) is 71.0 Å². The summed E-state index contributed by atoms with van der Waals surface area (Å²) in [7, 11) is 0. The molecule has 3 heteroatoms. The SMILES string of the molecule is C=C(C)NCC(=O)OC(C)c1ccccc1.CC.CCC. The van der Waals surface area contributed by atoms with Crippen molar-refractivity contribution in [1.82, 2.24) is 5.32 Å². The van der Waals surface area contributed by atoms with Gasteiger partial charge in [0.25, 0.3) is 0 Å². The lowest BCUT2D eigenvalue weighted by atomic mass is 10.1. The number of rotatable bonds is 5. The van der Waals surface area contributed by atoms with Crippen LogP contribution in [0.25, 0.3) is 0 Å².